The maximum atomic E-state index is 13.9. The van der Waals surface area contributed by atoms with Gasteiger partial charge in [-0.1, -0.05) is 77.6 Å². The number of hydrogen-bond donors (Lipinski definition) is 1. The van der Waals surface area contributed by atoms with Gasteiger partial charge in [-0.05, 0) is 54.4 Å². The van der Waals surface area contributed by atoms with Gasteiger partial charge in [-0.25, -0.2) is 8.42 Å². The van der Waals surface area contributed by atoms with Gasteiger partial charge >= 0.3 is 0 Å². The lowest BCUT2D eigenvalue weighted by Gasteiger charge is -2.33. The summed E-state index contributed by atoms with van der Waals surface area (Å²) in [6.45, 7) is 1.06. The molecule has 0 aromatic heterocycles. The van der Waals surface area contributed by atoms with Crippen LogP contribution < -0.4 is 9.62 Å². The molecule has 3 rings (SSSR count). The fraction of sp³-hybridized carbons (Fsp3) is 0.231. The van der Waals surface area contributed by atoms with Crippen molar-refractivity contribution < 1.29 is 18.0 Å². The smallest absolute Gasteiger partial charge is 0.264 e. The standard InChI is InChI=1S/C26H25Cl4N3O4S/c1-3-24(26(35)31-2)32(15-17-9-10-18(27)14-23(17)30)25(34)16-33(21-12-19(28)11-20(29)13-21)38(36,37)22-7-5-4-6-8-22/h4-14,24H,3,15-16H2,1-2H3,(H,31,35)/t24-/m0/s1. The molecule has 3 aromatic carbocycles. The summed E-state index contributed by atoms with van der Waals surface area (Å²) in [5.41, 5.74) is 0.632. The third-order valence-electron chi connectivity index (χ3n) is 5.73. The first-order chi connectivity index (χ1) is 18.0. The van der Waals surface area contributed by atoms with E-state index < -0.39 is 34.4 Å². The summed E-state index contributed by atoms with van der Waals surface area (Å²) >= 11 is 24.8. The minimum Gasteiger partial charge on any atom is -0.357 e. The lowest BCUT2D eigenvalue weighted by Crippen LogP contribution is -2.51. The van der Waals surface area contributed by atoms with E-state index in [0.29, 0.717) is 15.6 Å². The van der Waals surface area contributed by atoms with Crippen molar-refractivity contribution >= 4 is 73.9 Å². The fourth-order valence-corrected chi connectivity index (χ4v) is 6.25. The molecule has 0 aliphatic heterocycles. The van der Waals surface area contributed by atoms with Gasteiger partial charge < -0.3 is 10.2 Å². The number of nitrogens with zero attached hydrogens (tertiary/aromatic N) is 2. The molecule has 0 saturated heterocycles. The van der Waals surface area contributed by atoms with Gasteiger partial charge in [0.25, 0.3) is 10.0 Å². The van der Waals surface area contributed by atoms with Crippen LogP contribution in [0.3, 0.4) is 0 Å². The second-order valence-corrected chi connectivity index (χ2v) is 11.8. The molecule has 1 atom stereocenters. The number of anilines is 1. The number of hydrogen-bond acceptors (Lipinski definition) is 4. The second kappa shape index (κ2) is 13.0. The van der Waals surface area contributed by atoms with Crippen molar-refractivity contribution in [2.24, 2.45) is 0 Å². The minimum absolute atomic E-state index is 0.0328. The Morgan fingerprint density at radius 2 is 1.53 bits per heavy atom. The highest BCUT2D eigenvalue weighted by Crippen LogP contribution is 2.30. The molecule has 1 N–H and O–H groups in total. The molecule has 0 heterocycles. The van der Waals surface area contributed by atoms with Crippen LogP contribution in [0.5, 0.6) is 0 Å². The molecule has 0 saturated carbocycles. The maximum absolute atomic E-state index is 13.9. The van der Waals surface area contributed by atoms with Gasteiger partial charge in [-0.15, -0.1) is 0 Å². The van der Waals surface area contributed by atoms with Gasteiger partial charge in [0.15, 0.2) is 0 Å². The number of carbonyl (C=O) groups is 2. The first-order valence-corrected chi connectivity index (χ1v) is 14.4. The third kappa shape index (κ3) is 7.12. The molecule has 0 fully saturated rings. The Bertz CT molecular complexity index is 1400. The van der Waals surface area contributed by atoms with Crippen molar-refractivity contribution in [2.45, 2.75) is 30.8 Å². The summed E-state index contributed by atoms with van der Waals surface area (Å²) < 4.78 is 28.4. The van der Waals surface area contributed by atoms with E-state index in [1.165, 1.54) is 48.3 Å². The average molecular weight is 617 g/mol. The van der Waals surface area contributed by atoms with Crippen LogP contribution >= 0.6 is 46.4 Å². The summed E-state index contributed by atoms with van der Waals surface area (Å²) in [4.78, 5) is 27.9. The van der Waals surface area contributed by atoms with Gasteiger partial charge in [0.05, 0.1) is 10.6 Å². The molecule has 0 unspecified atom stereocenters. The number of carbonyl (C=O) groups excluding carboxylic acids is 2. The van der Waals surface area contributed by atoms with Crippen molar-refractivity contribution in [2.75, 3.05) is 17.9 Å². The van der Waals surface area contributed by atoms with E-state index in [0.717, 1.165) is 4.31 Å². The molecule has 0 aliphatic carbocycles. The molecule has 202 valence electrons. The number of benzene rings is 3. The molecule has 38 heavy (non-hydrogen) atoms. The number of nitrogens with one attached hydrogen (secondary N) is 1. The summed E-state index contributed by atoms with van der Waals surface area (Å²) in [5, 5.41) is 3.66. The molecule has 7 nitrogen and oxygen atoms in total. The number of halogens is 4. The molecular formula is C26H25Cl4N3O4S. The van der Waals surface area contributed by atoms with Gasteiger partial charge in [0.1, 0.15) is 12.6 Å². The monoisotopic (exact) mass is 615 g/mol. The molecule has 0 bridgehead atoms. The van der Waals surface area contributed by atoms with Gasteiger partial charge in [0, 0.05) is 33.7 Å². The van der Waals surface area contributed by atoms with Crippen molar-refractivity contribution in [1.82, 2.24) is 10.2 Å². The Morgan fingerprint density at radius 1 is 0.895 bits per heavy atom. The van der Waals surface area contributed by atoms with Crippen molar-refractivity contribution in [1.29, 1.82) is 0 Å². The molecule has 0 aliphatic rings. The number of rotatable bonds is 10. The first-order valence-electron chi connectivity index (χ1n) is 11.5. The van der Waals surface area contributed by atoms with E-state index >= 15 is 0 Å². The predicted octanol–water partition coefficient (Wildman–Crippen LogP) is 6.05. The molecule has 3 aromatic rings. The van der Waals surface area contributed by atoms with Crippen LogP contribution in [0, 0.1) is 0 Å². The molecular weight excluding hydrogens is 592 g/mol. The third-order valence-corrected chi connectivity index (χ3v) is 8.54. The minimum atomic E-state index is -4.24. The van der Waals surface area contributed by atoms with Crippen LogP contribution in [0.4, 0.5) is 5.69 Å². The molecule has 12 heteroatoms. The van der Waals surface area contributed by atoms with Crippen LogP contribution in [0.1, 0.15) is 18.9 Å². The van der Waals surface area contributed by atoms with Crippen molar-refractivity contribution in [3.63, 3.8) is 0 Å². The number of likely N-dealkylation sites (N-methyl/N-ethyl adjacent to an activating group) is 1. The Labute approximate surface area is 242 Å². The molecule has 0 spiro atoms. The van der Waals surface area contributed by atoms with Crippen LogP contribution in [-0.2, 0) is 26.2 Å². The summed E-state index contributed by atoms with van der Waals surface area (Å²) in [7, 11) is -2.78. The van der Waals surface area contributed by atoms with Crippen LogP contribution in [0.25, 0.3) is 0 Å². The number of sulfonamides is 1. The topological polar surface area (TPSA) is 86.8 Å². The SMILES string of the molecule is CC[C@@H](C(=O)NC)N(Cc1ccc(Cl)cc1Cl)C(=O)CN(c1cc(Cl)cc(Cl)c1)S(=O)(=O)c1ccccc1. The zero-order valence-electron chi connectivity index (χ0n) is 20.5. The van der Waals surface area contributed by atoms with Gasteiger partial charge in [0.2, 0.25) is 11.8 Å². The quantitative estimate of drug-likeness (QED) is 0.300. The average Bonchev–Trinajstić information content (AvgIpc) is 2.87. The van der Waals surface area contributed by atoms with E-state index in [1.807, 2.05) is 0 Å². The Balaban J connectivity index is 2.10. The highest BCUT2D eigenvalue weighted by atomic mass is 35.5. The van der Waals surface area contributed by atoms with E-state index in [2.05, 4.69) is 5.32 Å². The lowest BCUT2D eigenvalue weighted by molar-refractivity contribution is -0.140. The van der Waals surface area contributed by atoms with Crippen LogP contribution in [0.2, 0.25) is 20.1 Å². The van der Waals surface area contributed by atoms with Gasteiger partial charge in [-0.3, -0.25) is 13.9 Å². The predicted molar refractivity (Wildman–Crippen MR) is 153 cm³/mol. The fourth-order valence-electron chi connectivity index (χ4n) is 3.85. The highest BCUT2D eigenvalue weighted by molar-refractivity contribution is 7.92. The Hall–Kier alpha value is -2.49. The van der Waals surface area contributed by atoms with E-state index in [1.54, 1.807) is 37.3 Å². The van der Waals surface area contributed by atoms with Crippen LogP contribution in [-0.4, -0.2) is 44.8 Å². The molecule has 2 amide bonds. The number of amides is 2. The normalized spacial score (nSPS) is 12.1. The van der Waals surface area contributed by atoms with Crippen molar-refractivity contribution in [3.05, 3.63) is 92.4 Å². The maximum Gasteiger partial charge on any atom is 0.264 e. The summed E-state index contributed by atoms with van der Waals surface area (Å²) in [6.07, 6.45) is 0.269. The first kappa shape index (κ1) is 30.1. The molecule has 0 radical (unpaired) electrons. The van der Waals surface area contributed by atoms with Crippen molar-refractivity contribution in [3.8, 4) is 0 Å². The van der Waals surface area contributed by atoms with Crippen LogP contribution in [0.15, 0.2) is 71.6 Å². The summed E-state index contributed by atoms with van der Waals surface area (Å²) in [6, 6.07) is 15.8. The Kier molecular flexibility index (Phi) is 10.3. The highest BCUT2D eigenvalue weighted by Gasteiger charge is 2.33. The largest absolute Gasteiger partial charge is 0.357 e. The second-order valence-electron chi connectivity index (χ2n) is 8.25. The van der Waals surface area contributed by atoms with E-state index in [9.17, 15) is 18.0 Å². The van der Waals surface area contributed by atoms with Gasteiger partial charge in [-0.2, -0.15) is 0 Å². The zero-order chi connectivity index (χ0) is 28.0. The Morgan fingerprint density at radius 3 is 2.08 bits per heavy atom. The van der Waals surface area contributed by atoms with E-state index in [-0.39, 0.29) is 33.6 Å². The van der Waals surface area contributed by atoms with E-state index in [4.69, 9.17) is 46.4 Å². The summed E-state index contributed by atoms with van der Waals surface area (Å²) in [5.74, 6) is -1.05. The zero-order valence-corrected chi connectivity index (χ0v) is 24.3. The lowest BCUT2D eigenvalue weighted by atomic mass is 10.1.